The summed E-state index contributed by atoms with van der Waals surface area (Å²) in [5, 5.41) is 3.01. The normalized spacial score (nSPS) is 15.0. The van der Waals surface area contributed by atoms with Crippen LogP contribution in [-0.4, -0.2) is 50.6 Å². The molecule has 1 aliphatic heterocycles. The van der Waals surface area contributed by atoms with Crippen molar-refractivity contribution in [3.63, 3.8) is 0 Å². The van der Waals surface area contributed by atoms with Crippen molar-refractivity contribution in [1.82, 2.24) is 10.2 Å². The molecule has 0 aromatic heterocycles. The monoisotopic (exact) mass is 362 g/mol. The fourth-order valence-corrected chi connectivity index (χ4v) is 3.19. The number of piperidine rings is 1. The number of likely N-dealkylation sites (tertiary alicyclic amines) is 1. The topological polar surface area (TPSA) is 67.9 Å². The lowest BCUT2D eigenvalue weighted by atomic mass is 9.95. The zero-order chi connectivity index (χ0) is 19.1. The van der Waals surface area contributed by atoms with Crippen molar-refractivity contribution in [2.45, 2.75) is 33.1 Å². The van der Waals surface area contributed by atoms with Gasteiger partial charge in [0.1, 0.15) is 17.1 Å². The fourth-order valence-electron chi connectivity index (χ4n) is 3.19. The van der Waals surface area contributed by atoms with E-state index in [1.807, 2.05) is 0 Å². The zero-order valence-corrected chi connectivity index (χ0v) is 16.2. The second-order valence-electron chi connectivity index (χ2n) is 7.08. The van der Waals surface area contributed by atoms with Gasteiger partial charge in [0.15, 0.2) is 0 Å². The Morgan fingerprint density at radius 2 is 1.73 bits per heavy atom. The van der Waals surface area contributed by atoms with Gasteiger partial charge in [0.2, 0.25) is 5.91 Å². The Labute approximate surface area is 155 Å². The highest BCUT2D eigenvalue weighted by Gasteiger charge is 2.30. The molecule has 1 aromatic carbocycles. The van der Waals surface area contributed by atoms with Gasteiger partial charge in [0.25, 0.3) is 5.91 Å². The number of amides is 2. The number of carbonyl (C=O) groups excluding carboxylic acids is 2. The number of nitrogens with zero attached hydrogens (tertiary/aromatic N) is 1. The minimum atomic E-state index is -0.113. The van der Waals surface area contributed by atoms with Gasteiger partial charge >= 0.3 is 0 Å². The molecule has 26 heavy (non-hydrogen) atoms. The van der Waals surface area contributed by atoms with E-state index in [-0.39, 0.29) is 17.7 Å². The van der Waals surface area contributed by atoms with Crippen molar-refractivity contribution in [2.24, 2.45) is 11.8 Å². The number of hydrogen-bond acceptors (Lipinski definition) is 4. The highest BCUT2D eigenvalue weighted by molar-refractivity contribution is 5.99. The Morgan fingerprint density at radius 3 is 2.23 bits per heavy atom. The maximum absolute atomic E-state index is 12.9. The average Bonchev–Trinajstić information content (AvgIpc) is 2.66. The molecule has 0 bridgehead atoms. The number of nitrogens with one attached hydrogen (secondary N) is 1. The van der Waals surface area contributed by atoms with Crippen LogP contribution in [0.3, 0.4) is 0 Å². The molecule has 144 valence electrons. The summed E-state index contributed by atoms with van der Waals surface area (Å²) in [6.07, 6.45) is 2.34. The van der Waals surface area contributed by atoms with E-state index in [9.17, 15) is 9.59 Å². The van der Waals surface area contributed by atoms with Crippen molar-refractivity contribution in [3.8, 4) is 11.5 Å². The molecule has 2 rings (SSSR count). The largest absolute Gasteiger partial charge is 0.496 e. The van der Waals surface area contributed by atoms with Crippen molar-refractivity contribution in [3.05, 3.63) is 23.8 Å². The van der Waals surface area contributed by atoms with Gasteiger partial charge in [-0.1, -0.05) is 19.9 Å². The molecule has 6 heteroatoms. The third kappa shape index (κ3) is 4.90. The maximum Gasteiger partial charge on any atom is 0.261 e. The van der Waals surface area contributed by atoms with Gasteiger partial charge in [-0.25, -0.2) is 0 Å². The summed E-state index contributed by atoms with van der Waals surface area (Å²) in [4.78, 5) is 27.0. The highest BCUT2D eigenvalue weighted by atomic mass is 16.5. The van der Waals surface area contributed by atoms with Gasteiger partial charge in [-0.2, -0.15) is 0 Å². The number of ether oxygens (including phenoxy) is 2. The van der Waals surface area contributed by atoms with Crippen LogP contribution in [-0.2, 0) is 4.79 Å². The average molecular weight is 362 g/mol. The van der Waals surface area contributed by atoms with Crippen molar-refractivity contribution in [1.29, 1.82) is 0 Å². The molecule has 0 unspecified atom stereocenters. The third-order valence-corrected chi connectivity index (χ3v) is 4.82. The first-order valence-electron chi connectivity index (χ1n) is 9.25. The molecular weight excluding hydrogens is 332 g/mol. The molecule has 1 N–H and O–H groups in total. The Morgan fingerprint density at radius 1 is 1.15 bits per heavy atom. The summed E-state index contributed by atoms with van der Waals surface area (Å²) in [5.41, 5.74) is 0.442. The molecule has 1 aromatic rings. The second-order valence-corrected chi connectivity index (χ2v) is 7.08. The van der Waals surface area contributed by atoms with Gasteiger partial charge in [-0.05, 0) is 37.3 Å². The SMILES string of the molecule is COc1cccc(OC)c1C(=O)N1CCC(C(=O)NCCC(C)C)CC1. The summed E-state index contributed by atoms with van der Waals surface area (Å²) >= 11 is 0. The number of rotatable bonds is 7. The smallest absolute Gasteiger partial charge is 0.261 e. The first-order chi connectivity index (χ1) is 12.5. The summed E-state index contributed by atoms with van der Waals surface area (Å²) in [5.74, 6) is 1.55. The Kier molecular flexibility index (Phi) is 7.30. The van der Waals surface area contributed by atoms with Crippen LogP contribution in [0.25, 0.3) is 0 Å². The van der Waals surface area contributed by atoms with E-state index in [0.717, 1.165) is 6.42 Å². The zero-order valence-electron chi connectivity index (χ0n) is 16.2. The summed E-state index contributed by atoms with van der Waals surface area (Å²) in [7, 11) is 3.08. The Hall–Kier alpha value is -2.24. The first-order valence-corrected chi connectivity index (χ1v) is 9.25. The lowest BCUT2D eigenvalue weighted by Crippen LogP contribution is -2.43. The minimum absolute atomic E-state index is 0.0224. The summed E-state index contributed by atoms with van der Waals surface area (Å²) < 4.78 is 10.7. The standard InChI is InChI=1S/C20H30N2O4/c1-14(2)8-11-21-19(23)15-9-12-22(13-10-15)20(24)18-16(25-3)6-5-7-17(18)26-4/h5-7,14-15H,8-13H2,1-4H3,(H,21,23). The number of carbonyl (C=O) groups is 2. The number of methoxy groups -OCH3 is 2. The van der Waals surface area contributed by atoms with Crippen LogP contribution in [0, 0.1) is 11.8 Å². The van der Waals surface area contributed by atoms with Crippen LogP contribution in [0.5, 0.6) is 11.5 Å². The minimum Gasteiger partial charge on any atom is -0.496 e. The van der Waals surface area contributed by atoms with Crippen molar-refractivity contribution >= 4 is 11.8 Å². The van der Waals surface area contributed by atoms with Crippen LogP contribution >= 0.6 is 0 Å². The quantitative estimate of drug-likeness (QED) is 0.810. The summed E-state index contributed by atoms with van der Waals surface area (Å²) in [6.45, 7) is 6.11. The van der Waals surface area contributed by atoms with Crippen LogP contribution in [0.4, 0.5) is 0 Å². The van der Waals surface area contributed by atoms with Gasteiger partial charge in [0.05, 0.1) is 14.2 Å². The van der Waals surface area contributed by atoms with Crippen LogP contribution < -0.4 is 14.8 Å². The van der Waals surface area contributed by atoms with Crippen LogP contribution in [0.1, 0.15) is 43.5 Å². The van der Waals surface area contributed by atoms with E-state index in [1.54, 1.807) is 37.3 Å². The molecule has 1 saturated heterocycles. The van der Waals surface area contributed by atoms with Crippen molar-refractivity contribution < 1.29 is 19.1 Å². The van der Waals surface area contributed by atoms with Gasteiger partial charge in [-0.3, -0.25) is 9.59 Å². The van der Waals surface area contributed by atoms with E-state index in [2.05, 4.69) is 19.2 Å². The lowest BCUT2D eigenvalue weighted by Gasteiger charge is -2.32. The predicted octanol–water partition coefficient (Wildman–Crippen LogP) is 2.72. The van der Waals surface area contributed by atoms with E-state index < -0.39 is 0 Å². The molecule has 0 aliphatic carbocycles. The van der Waals surface area contributed by atoms with Crippen LogP contribution in [0.15, 0.2) is 18.2 Å². The maximum atomic E-state index is 12.9. The molecule has 1 fully saturated rings. The Bertz CT molecular complexity index is 600. The second kappa shape index (κ2) is 9.46. The number of hydrogen-bond donors (Lipinski definition) is 1. The Balaban J connectivity index is 1.96. The van der Waals surface area contributed by atoms with E-state index >= 15 is 0 Å². The molecule has 6 nitrogen and oxygen atoms in total. The molecule has 2 amide bonds. The van der Waals surface area contributed by atoms with E-state index in [4.69, 9.17) is 9.47 Å². The third-order valence-electron chi connectivity index (χ3n) is 4.82. The van der Waals surface area contributed by atoms with Gasteiger partial charge < -0.3 is 19.7 Å². The molecule has 0 radical (unpaired) electrons. The van der Waals surface area contributed by atoms with Gasteiger partial charge in [0, 0.05) is 25.6 Å². The predicted molar refractivity (Wildman–Crippen MR) is 101 cm³/mol. The molecule has 1 aliphatic rings. The summed E-state index contributed by atoms with van der Waals surface area (Å²) in [6, 6.07) is 5.30. The molecule has 0 saturated carbocycles. The molecular formula is C20H30N2O4. The van der Waals surface area contributed by atoms with Crippen molar-refractivity contribution in [2.75, 3.05) is 33.9 Å². The lowest BCUT2D eigenvalue weighted by molar-refractivity contribution is -0.126. The molecule has 1 heterocycles. The van der Waals surface area contributed by atoms with Gasteiger partial charge in [-0.15, -0.1) is 0 Å². The first kappa shape index (κ1) is 20.1. The molecule has 0 atom stereocenters. The van der Waals surface area contributed by atoms with E-state index in [0.29, 0.717) is 55.5 Å². The molecule has 0 spiro atoms. The number of benzene rings is 1. The van der Waals surface area contributed by atoms with E-state index in [1.165, 1.54) is 0 Å². The fraction of sp³-hybridized carbons (Fsp3) is 0.600. The van der Waals surface area contributed by atoms with Crippen LogP contribution in [0.2, 0.25) is 0 Å². The highest BCUT2D eigenvalue weighted by Crippen LogP contribution is 2.31.